The summed E-state index contributed by atoms with van der Waals surface area (Å²) in [5, 5.41) is 3.65. The lowest BCUT2D eigenvalue weighted by molar-refractivity contribution is 0.347. The highest BCUT2D eigenvalue weighted by molar-refractivity contribution is 5.31. The van der Waals surface area contributed by atoms with E-state index in [9.17, 15) is 0 Å². The van der Waals surface area contributed by atoms with Crippen molar-refractivity contribution in [3.8, 4) is 0 Å². The Morgan fingerprint density at radius 2 is 2.00 bits per heavy atom. The van der Waals surface area contributed by atoms with Gasteiger partial charge in [-0.2, -0.15) is 0 Å². The average molecular weight is 272 g/mol. The molecular formula is C18H28N2. The predicted molar refractivity (Wildman–Crippen MR) is 85.3 cm³/mol. The van der Waals surface area contributed by atoms with Crippen LogP contribution in [0.2, 0.25) is 0 Å². The molecule has 2 unspecified atom stereocenters. The van der Waals surface area contributed by atoms with Crippen molar-refractivity contribution < 1.29 is 0 Å². The lowest BCUT2D eigenvalue weighted by atomic mass is 9.86. The lowest BCUT2D eigenvalue weighted by Crippen LogP contribution is -2.24. The molecule has 20 heavy (non-hydrogen) atoms. The van der Waals surface area contributed by atoms with Gasteiger partial charge in [0, 0.05) is 6.04 Å². The van der Waals surface area contributed by atoms with Gasteiger partial charge < -0.3 is 10.2 Å². The number of nitrogens with one attached hydrogen (secondary N) is 1. The molecule has 2 nitrogen and oxygen atoms in total. The summed E-state index contributed by atoms with van der Waals surface area (Å²) in [4.78, 5) is 2.49. The van der Waals surface area contributed by atoms with Crippen LogP contribution in [0.1, 0.15) is 49.1 Å². The Morgan fingerprint density at radius 3 is 2.85 bits per heavy atom. The third kappa shape index (κ3) is 3.42. The largest absolute Gasteiger partial charge is 0.314 e. The van der Waals surface area contributed by atoms with E-state index in [-0.39, 0.29) is 0 Å². The van der Waals surface area contributed by atoms with Gasteiger partial charge in [-0.1, -0.05) is 24.3 Å². The van der Waals surface area contributed by atoms with Gasteiger partial charge in [0.1, 0.15) is 0 Å². The summed E-state index contributed by atoms with van der Waals surface area (Å²) in [5.74, 6) is 0.776. The Hall–Kier alpha value is -0.860. The minimum absolute atomic E-state index is 0.713. The molecule has 0 bridgehead atoms. The number of hydrogen-bond donors (Lipinski definition) is 1. The summed E-state index contributed by atoms with van der Waals surface area (Å²) >= 11 is 0. The molecule has 2 atom stereocenters. The molecule has 110 valence electrons. The summed E-state index contributed by atoms with van der Waals surface area (Å²) in [6.45, 7) is 3.73. The first-order chi connectivity index (χ1) is 9.83. The van der Waals surface area contributed by atoms with E-state index < -0.39 is 0 Å². The zero-order chi connectivity index (χ0) is 13.8. The Balaban J connectivity index is 1.74. The third-order valence-corrected chi connectivity index (χ3v) is 5.08. The Bertz CT molecular complexity index is 423. The first-order valence-corrected chi connectivity index (χ1v) is 8.32. The molecule has 3 rings (SSSR count). The molecule has 2 fully saturated rings. The molecule has 0 spiro atoms. The quantitative estimate of drug-likeness (QED) is 0.909. The highest BCUT2D eigenvalue weighted by Crippen LogP contribution is 2.31. The van der Waals surface area contributed by atoms with Gasteiger partial charge in [0.25, 0.3) is 0 Å². The second kappa shape index (κ2) is 6.73. The smallest absolute Gasteiger partial charge is 0.0108 e. The number of hydrogen-bond acceptors (Lipinski definition) is 2. The van der Waals surface area contributed by atoms with E-state index in [1.54, 1.807) is 11.1 Å². The van der Waals surface area contributed by atoms with Crippen LogP contribution in [0.4, 0.5) is 0 Å². The van der Waals surface area contributed by atoms with Crippen LogP contribution in [0.3, 0.4) is 0 Å². The SMILES string of the molecule is CN1CCCC(c2ccccc2CC2CCCN2)CC1. The molecule has 2 aliphatic rings. The van der Waals surface area contributed by atoms with Crippen molar-refractivity contribution in [1.82, 2.24) is 10.2 Å². The van der Waals surface area contributed by atoms with Crippen LogP contribution in [-0.2, 0) is 6.42 Å². The molecule has 2 heteroatoms. The topological polar surface area (TPSA) is 15.3 Å². The maximum absolute atomic E-state index is 3.65. The molecule has 1 N–H and O–H groups in total. The van der Waals surface area contributed by atoms with E-state index in [1.165, 1.54) is 58.2 Å². The number of benzene rings is 1. The Kier molecular flexibility index (Phi) is 4.74. The summed E-state index contributed by atoms with van der Waals surface area (Å²) in [6, 6.07) is 9.92. The third-order valence-electron chi connectivity index (χ3n) is 5.08. The van der Waals surface area contributed by atoms with Crippen LogP contribution in [0.15, 0.2) is 24.3 Å². The normalized spacial score (nSPS) is 28.4. The van der Waals surface area contributed by atoms with Gasteiger partial charge in [-0.3, -0.25) is 0 Å². The standard InChI is InChI=1S/C18H28N2/c1-20-12-5-7-15(10-13-20)18-9-3-2-6-16(18)14-17-8-4-11-19-17/h2-3,6,9,15,17,19H,4-5,7-8,10-14H2,1H3. The molecule has 0 amide bonds. The highest BCUT2D eigenvalue weighted by Gasteiger charge is 2.21. The van der Waals surface area contributed by atoms with Crippen LogP contribution in [0.25, 0.3) is 0 Å². The molecule has 2 heterocycles. The number of nitrogens with zero attached hydrogens (tertiary/aromatic N) is 1. The van der Waals surface area contributed by atoms with E-state index in [0.29, 0.717) is 6.04 Å². The van der Waals surface area contributed by atoms with Crippen LogP contribution < -0.4 is 5.32 Å². The van der Waals surface area contributed by atoms with Gasteiger partial charge in [-0.25, -0.2) is 0 Å². The zero-order valence-electron chi connectivity index (χ0n) is 12.8. The molecule has 2 aliphatic heterocycles. The average Bonchev–Trinajstić information content (AvgIpc) is 2.87. The molecule has 1 aromatic carbocycles. The Morgan fingerprint density at radius 1 is 1.10 bits per heavy atom. The van der Waals surface area contributed by atoms with E-state index in [0.717, 1.165) is 5.92 Å². The fraction of sp³-hybridized carbons (Fsp3) is 0.667. The highest BCUT2D eigenvalue weighted by atomic mass is 15.1. The van der Waals surface area contributed by atoms with Crippen LogP contribution in [0.5, 0.6) is 0 Å². The van der Waals surface area contributed by atoms with E-state index >= 15 is 0 Å². The summed E-state index contributed by atoms with van der Waals surface area (Å²) in [7, 11) is 2.26. The van der Waals surface area contributed by atoms with Crippen molar-refractivity contribution >= 4 is 0 Å². The van der Waals surface area contributed by atoms with Crippen molar-refractivity contribution in [2.45, 2.75) is 50.5 Å². The second-order valence-corrected chi connectivity index (χ2v) is 6.63. The number of rotatable bonds is 3. The van der Waals surface area contributed by atoms with Crippen molar-refractivity contribution in [1.29, 1.82) is 0 Å². The molecule has 0 saturated carbocycles. The van der Waals surface area contributed by atoms with E-state index in [1.807, 2.05) is 0 Å². The minimum atomic E-state index is 0.713. The summed E-state index contributed by atoms with van der Waals surface area (Å²) < 4.78 is 0. The van der Waals surface area contributed by atoms with E-state index in [2.05, 4.69) is 41.5 Å². The van der Waals surface area contributed by atoms with Crippen molar-refractivity contribution in [3.63, 3.8) is 0 Å². The summed E-state index contributed by atoms with van der Waals surface area (Å²) in [5.41, 5.74) is 3.23. The fourth-order valence-corrected chi connectivity index (χ4v) is 3.87. The minimum Gasteiger partial charge on any atom is -0.314 e. The molecule has 1 aromatic rings. The molecule has 0 aromatic heterocycles. The van der Waals surface area contributed by atoms with Gasteiger partial charge in [-0.15, -0.1) is 0 Å². The molecule has 0 radical (unpaired) electrons. The zero-order valence-corrected chi connectivity index (χ0v) is 12.8. The van der Waals surface area contributed by atoms with Gasteiger partial charge in [0.2, 0.25) is 0 Å². The van der Waals surface area contributed by atoms with Crippen LogP contribution in [0, 0.1) is 0 Å². The van der Waals surface area contributed by atoms with Crippen LogP contribution >= 0.6 is 0 Å². The summed E-state index contributed by atoms with van der Waals surface area (Å²) in [6.07, 6.45) is 7.95. The first-order valence-electron chi connectivity index (χ1n) is 8.32. The molecule has 0 aliphatic carbocycles. The molecular weight excluding hydrogens is 244 g/mol. The lowest BCUT2D eigenvalue weighted by Gasteiger charge is -2.21. The monoisotopic (exact) mass is 272 g/mol. The maximum Gasteiger partial charge on any atom is 0.0108 e. The van der Waals surface area contributed by atoms with Gasteiger partial charge in [-0.05, 0) is 82.3 Å². The number of likely N-dealkylation sites (tertiary alicyclic amines) is 1. The first kappa shape index (κ1) is 14.1. The van der Waals surface area contributed by atoms with Gasteiger partial charge in [0.15, 0.2) is 0 Å². The van der Waals surface area contributed by atoms with Crippen molar-refractivity contribution in [2.24, 2.45) is 0 Å². The Labute approximate surface area is 123 Å². The molecule has 2 saturated heterocycles. The van der Waals surface area contributed by atoms with Crippen molar-refractivity contribution in [3.05, 3.63) is 35.4 Å². The predicted octanol–water partition coefficient (Wildman–Crippen LogP) is 3.18. The van der Waals surface area contributed by atoms with E-state index in [4.69, 9.17) is 0 Å². The van der Waals surface area contributed by atoms with Gasteiger partial charge >= 0.3 is 0 Å². The fourth-order valence-electron chi connectivity index (χ4n) is 3.87. The van der Waals surface area contributed by atoms with Gasteiger partial charge in [0.05, 0.1) is 0 Å². The van der Waals surface area contributed by atoms with Crippen LogP contribution in [-0.4, -0.2) is 37.6 Å². The maximum atomic E-state index is 3.65. The second-order valence-electron chi connectivity index (χ2n) is 6.63. The van der Waals surface area contributed by atoms with Crippen molar-refractivity contribution in [2.75, 3.05) is 26.7 Å².